The summed E-state index contributed by atoms with van der Waals surface area (Å²) in [4.78, 5) is 24.7. The van der Waals surface area contributed by atoms with Crippen molar-refractivity contribution in [3.8, 4) is 23.0 Å². The van der Waals surface area contributed by atoms with Gasteiger partial charge >= 0.3 is 12.2 Å². The highest BCUT2D eigenvalue weighted by Crippen LogP contribution is 2.46. The Hall–Kier alpha value is -4.14. The van der Waals surface area contributed by atoms with Gasteiger partial charge in [0, 0.05) is 11.1 Å². The van der Waals surface area contributed by atoms with Crippen LogP contribution in [-0.4, -0.2) is 58.2 Å². The molecule has 0 bridgehead atoms. The first-order valence-corrected chi connectivity index (χ1v) is 12.0. The molecule has 0 unspecified atom stereocenters. The van der Waals surface area contributed by atoms with Crippen LogP contribution in [0.4, 0.5) is 31.5 Å². The minimum atomic E-state index is -5.12. The van der Waals surface area contributed by atoms with Gasteiger partial charge in [-0.25, -0.2) is 18.2 Å². The van der Waals surface area contributed by atoms with Crippen molar-refractivity contribution in [3.05, 3.63) is 48.1 Å². The Morgan fingerprint density at radius 3 is 2.62 bits per heavy atom. The van der Waals surface area contributed by atoms with E-state index in [-0.39, 0.29) is 34.0 Å². The second-order valence-corrected chi connectivity index (χ2v) is 9.50. The van der Waals surface area contributed by atoms with E-state index >= 15 is 4.39 Å². The molecule has 204 valence electrons. The predicted octanol–water partition coefficient (Wildman–Crippen LogP) is 4.91. The van der Waals surface area contributed by atoms with Crippen molar-refractivity contribution < 1.29 is 40.6 Å². The van der Waals surface area contributed by atoms with Crippen molar-refractivity contribution >= 4 is 43.5 Å². The summed E-state index contributed by atoms with van der Waals surface area (Å²) in [5, 5.41) is -0.659. The molecule has 1 aliphatic heterocycles. The first-order chi connectivity index (χ1) is 18.4. The number of benzene rings is 2. The molecule has 2 aromatic carbocycles. The summed E-state index contributed by atoms with van der Waals surface area (Å²) in [6, 6.07) is 1.93. The number of amides is 1. The zero-order valence-electron chi connectivity index (χ0n) is 19.9. The van der Waals surface area contributed by atoms with Gasteiger partial charge in [0.15, 0.2) is 23.2 Å². The normalized spacial score (nSPS) is 17.7. The van der Waals surface area contributed by atoms with Crippen molar-refractivity contribution in [1.82, 2.24) is 19.9 Å². The third kappa shape index (κ3) is 4.56. The molecular weight excluding hydrogens is 552 g/mol. The van der Waals surface area contributed by atoms with E-state index in [0.29, 0.717) is 17.4 Å². The molecule has 15 heteroatoms. The SMILES string of the molecule is C=CC(=O)N1C[C@@H](F)[C@@H](Oc2nc(OC)nc3c(F)c(-c4ccc(F)c5sc(N)nc45)c(C(F)(F)F)cc23)C1. The number of rotatable bonds is 5. The molecule has 39 heavy (non-hydrogen) atoms. The molecular formula is C24H17F6N5O3S. The van der Waals surface area contributed by atoms with Crippen molar-refractivity contribution in [3.63, 3.8) is 0 Å². The monoisotopic (exact) mass is 569 g/mol. The number of aromatic nitrogens is 3. The smallest absolute Gasteiger partial charge is 0.417 e. The minimum Gasteiger partial charge on any atom is -0.469 e. The lowest BCUT2D eigenvalue weighted by molar-refractivity contribution is -0.137. The summed E-state index contributed by atoms with van der Waals surface area (Å²) in [5.41, 5.74) is 1.97. The maximum atomic E-state index is 16.1. The average molecular weight is 569 g/mol. The zero-order chi connectivity index (χ0) is 28.2. The van der Waals surface area contributed by atoms with Crippen LogP contribution in [0.2, 0.25) is 0 Å². The summed E-state index contributed by atoms with van der Waals surface area (Å²) >= 11 is 0.693. The molecule has 2 aromatic heterocycles. The van der Waals surface area contributed by atoms with Gasteiger partial charge in [-0.05, 0) is 24.3 Å². The fourth-order valence-corrected chi connectivity index (χ4v) is 5.10. The Morgan fingerprint density at radius 1 is 1.21 bits per heavy atom. The maximum absolute atomic E-state index is 16.1. The Morgan fingerprint density at radius 2 is 1.95 bits per heavy atom. The number of fused-ring (bicyclic) bond motifs is 2. The third-order valence-electron chi connectivity index (χ3n) is 6.09. The van der Waals surface area contributed by atoms with Gasteiger partial charge < -0.3 is 20.1 Å². The number of anilines is 1. The van der Waals surface area contributed by atoms with E-state index in [0.717, 1.165) is 30.2 Å². The van der Waals surface area contributed by atoms with E-state index in [4.69, 9.17) is 15.2 Å². The molecule has 1 saturated heterocycles. The van der Waals surface area contributed by atoms with Crippen molar-refractivity contribution in [2.75, 3.05) is 25.9 Å². The van der Waals surface area contributed by atoms with Gasteiger partial charge in [0.05, 0.1) is 41.4 Å². The van der Waals surface area contributed by atoms with Crippen molar-refractivity contribution in [2.24, 2.45) is 0 Å². The third-order valence-corrected chi connectivity index (χ3v) is 6.99. The van der Waals surface area contributed by atoms with Gasteiger partial charge in [0.2, 0.25) is 11.8 Å². The van der Waals surface area contributed by atoms with E-state index in [9.17, 15) is 26.7 Å². The Bertz CT molecular complexity index is 1640. The number of likely N-dealkylation sites (tertiary alicyclic amines) is 1. The lowest BCUT2D eigenvalue weighted by Gasteiger charge is -2.20. The van der Waals surface area contributed by atoms with Crippen LogP contribution in [0.3, 0.4) is 0 Å². The van der Waals surface area contributed by atoms with Crippen LogP contribution in [0, 0.1) is 11.6 Å². The number of carbonyl (C=O) groups excluding carboxylic acids is 1. The lowest BCUT2D eigenvalue weighted by atomic mass is 9.95. The molecule has 0 saturated carbocycles. The second-order valence-electron chi connectivity index (χ2n) is 8.47. The molecule has 0 radical (unpaired) electrons. The van der Waals surface area contributed by atoms with E-state index in [1.54, 1.807) is 0 Å². The molecule has 8 nitrogen and oxygen atoms in total. The minimum absolute atomic E-state index is 0.132. The van der Waals surface area contributed by atoms with Gasteiger partial charge in [-0.3, -0.25) is 4.79 Å². The number of alkyl halides is 4. The van der Waals surface area contributed by atoms with Crippen LogP contribution >= 0.6 is 11.3 Å². The highest BCUT2D eigenvalue weighted by Gasteiger charge is 2.40. The number of hydrogen-bond acceptors (Lipinski definition) is 8. The quantitative estimate of drug-likeness (QED) is 0.269. The van der Waals surface area contributed by atoms with E-state index in [2.05, 4.69) is 21.5 Å². The first kappa shape index (κ1) is 26.5. The average Bonchev–Trinajstić information content (AvgIpc) is 3.46. The predicted molar refractivity (Wildman–Crippen MR) is 130 cm³/mol. The standard InChI is InChI=1S/C24H17F6N5O3S/c1-3-15(36)35-7-13(26)14(8-35)38-21-10-6-11(24(28,29)30)16(17(27)18(10)33-23(34-21)37-2)9-4-5-12(25)20-19(9)32-22(31)39-20/h3-6,13-14H,1,7-8H2,2H3,(H2,31,32)/t13-,14+/m1/s1. The molecule has 2 atom stereocenters. The highest BCUT2D eigenvalue weighted by molar-refractivity contribution is 7.22. The second kappa shape index (κ2) is 9.55. The topological polar surface area (TPSA) is 103 Å². The Balaban J connectivity index is 1.74. The van der Waals surface area contributed by atoms with Gasteiger partial charge in [0.1, 0.15) is 11.3 Å². The maximum Gasteiger partial charge on any atom is 0.417 e. The van der Waals surface area contributed by atoms with Gasteiger partial charge in [-0.2, -0.15) is 23.1 Å². The van der Waals surface area contributed by atoms with Crippen LogP contribution in [0.25, 0.3) is 32.2 Å². The summed E-state index contributed by atoms with van der Waals surface area (Å²) < 4.78 is 98.6. The van der Waals surface area contributed by atoms with Crippen LogP contribution in [-0.2, 0) is 11.0 Å². The first-order valence-electron chi connectivity index (χ1n) is 11.1. The molecule has 1 fully saturated rings. The number of nitrogens with two attached hydrogens (primary N) is 1. The molecule has 0 aliphatic carbocycles. The van der Waals surface area contributed by atoms with E-state index in [1.165, 1.54) is 0 Å². The van der Waals surface area contributed by atoms with Crippen molar-refractivity contribution in [2.45, 2.75) is 18.5 Å². The zero-order valence-corrected chi connectivity index (χ0v) is 20.7. The van der Waals surface area contributed by atoms with Gasteiger partial charge in [-0.1, -0.05) is 17.9 Å². The van der Waals surface area contributed by atoms with Crippen LogP contribution < -0.4 is 15.2 Å². The molecule has 3 heterocycles. The number of nitrogens with zero attached hydrogens (tertiary/aromatic N) is 4. The lowest BCUT2D eigenvalue weighted by Crippen LogP contribution is -2.30. The molecule has 5 rings (SSSR count). The molecule has 2 N–H and O–H groups in total. The Kier molecular flexibility index (Phi) is 6.48. The number of nitrogen functional groups attached to an aromatic ring is 1. The molecule has 4 aromatic rings. The van der Waals surface area contributed by atoms with Gasteiger partial charge in [0.25, 0.3) is 0 Å². The summed E-state index contributed by atoms with van der Waals surface area (Å²) in [7, 11) is 1.13. The number of thiazole rings is 1. The van der Waals surface area contributed by atoms with Gasteiger partial charge in [-0.15, -0.1) is 0 Å². The highest BCUT2D eigenvalue weighted by atomic mass is 32.1. The molecule has 1 aliphatic rings. The summed E-state index contributed by atoms with van der Waals surface area (Å²) in [6.07, 6.45) is -7.19. The number of methoxy groups -OCH3 is 1. The van der Waals surface area contributed by atoms with Crippen LogP contribution in [0.5, 0.6) is 11.9 Å². The summed E-state index contributed by atoms with van der Waals surface area (Å²) in [6.45, 7) is 2.73. The molecule has 0 spiro atoms. The Labute approximate surface area is 219 Å². The van der Waals surface area contributed by atoms with Crippen LogP contribution in [0.1, 0.15) is 5.56 Å². The number of halogens is 6. The largest absolute Gasteiger partial charge is 0.469 e. The number of ether oxygens (including phenoxy) is 2. The van der Waals surface area contributed by atoms with Crippen molar-refractivity contribution in [1.29, 1.82) is 0 Å². The number of hydrogen-bond donors (Lipinski definition) is 1. The fraction of sp³-hybridized carbons (Fsp3) is 0.250. The van der Waals surface area contributed by atoms with E-state index < -0.39 is 69.9 Å². The fourth-order valence-electron chi connectivity index (χ4n) is 4.34. The molecule has 1 amide bonds. The number of carbonyl (C=O) groups is 1. The van der Waals surface area contributed by atoms with E-state index in [1.807, 2.05) is 0 Å². The summed E-state index contributed by atoms with van der Waals surface area (Å²) in [5.74, 6) is -3.40. The van der Waals surface area contributed by atoms with Crippen LogP contribution in [0.15, 0.2) is 30.9 Å².